The summed E-state index contributed by atoms with van der Waals surface area (Å²) >= 11 is 0. The van der Waals surface area contributed by atoms with Crippen molar-refractivity contribution in [2.75, 3.05) is 19.8 Å². The molecule has 0 aliphatic carbocycles. The molecule has 0 aromatic rings. The molecule has 1 aliphatic heterocycles. The third-order valence-electron chi connectivity index (χ3n) is 3.06. The Morgan fingerprint density at radius 1 is 1.47 bits per heavy atom. The van der Waals surface area contributed by atoms with Crippen molar-refractivity contribution in [3.05, 3.63) is 12.2 Å². The fourth-order valence-corrected chi connectivity index (χ4v) is 2.23. The van der Waals surface area contributed by atoms with Crippen molar-refractivity contribution >= 4 is 0 Å². The fraction of sp³-hybridized carbons (Fsp3) is 0.846. The first-order valence-electron chi connectivity index (χ1n) is 6.19. The third-order valence-corrected chi connectivity index (χ3v) is 3.06. The minimum atomic E-state index is 0.617. The van der Waals surface area contributed by atoms with Gasteiger partial charge in [-0.2, -0.15) is 0 Å². The highest BCUT2D eigenvalue weighted by Gasteiger charge is 2.23. The van der Waals surface area contributed by atoms with Crippen LogP contribution in [0, 0.1) is 5.92 Å². The average molecular weight is 211 g/mol. The van der Waals surface area contributed by atoms with Crippen LogP contribution in [0.1, 0.15) is 39.5 Å². The highest BCUT2D eigenvalue weighted by molar-refractivity contribution is 4.95. The molecular formula is C13H25NO. The highest BCUT2D eigenvalue weighted by atomic mass is 16.5. The minimum absolute atomic E-state index is 0.617. The summed E-state index contributed by atoms with van der Waals surface area (Å²) in [5.74, 6) is 0.780. The Hall–Kier alpha value is -0.340. The lowest BCUT2D eigenvalue weighted by molar-refractivity contribution is 0.0538. The number of hydrogen-bond donors (Lipinski definition) is 1. The first-order chi connectivity index (χ1) is 7.24. The third kappa shape index (κ3) is 4.80. The summed E-state index contributed by atoms with van der Waals surface area (Å²) in [5.41, 5.74) is 1.29. The smallest absolute Gasteiger partial charge is 0.0469 e. The van der Waals surface area contributed by atoms with Gasteiger partial charge in [0.2, 0.25) is 0 Å². The molecule has 1 rings (SSSR count). The Morgan fingerprint density at radius 2 is 2.13 bits per heavy atom. The Morgan fingerprint density at radius 3 is 2.67 bits per heavy atom. The van der Waals surface area contributed by atoms with E-state index >= 15 is 0 Å². The molecule has 0 bridgehead atoms. The molecule has 0 amide bonds. The standard InChI is InChI=1S/C13H25NO/c1-4-7-14-13(10-11(2)3)12-5-8-15-9-6-12/h12-14H,2,4-10H2,1,3H3. The van der Waals surface area contributed by atoms with Crippen LogP contribution in [0.15, 0.2) is 12.2 Å². The Balaban J connectivity index is 2.41. The largest absolute Gasteiger partial charge is 0.381 e. The quantitative estimate of drug-likeness (QED) is 0.682. The lowest BCUT2D eigenvalue weighted by Crippen LogP contribution is -2.39. The zero-order valence-electron chi connectivity index (χ0n) is 10.2. The van der Waals surface area contributed by atoms with Crippen LogP contribution >= 0.6 is 0 Å². The van der Waals surface area contributed by atoms with Gasteiger partial charge in [0.15, 0.2) is 0 Å². The summed E-state index contributed by atoms with van der Waals surface area (Å²) in [5, 5.41) is 3.65. The van der Waals surface area contributed by atoms with Crippen LogP contribution in [-0.2, 0) is 4.74 Å². The molecule has 88 valence electrons. The van der Waals surface area contributed by atoms with E-state index in [1.807, 2.05) is 0 Å². The van der Waals surface area contributed by atoms with Crippen LogP contribution in [0.4, 0.5) is 0 Å². The zero-order valence-corrected chi connectivity index (χ0v) is 10.2. The number of rotatable bonds is 6. The average Bonchev–Trinajstić information content (AvgIpc) is 2.25. The van der Waals surface area contributed by atoms with E-state index in [2.05, 4.69) is 25.7 Å². The van der Waals surface area contributed by atoms with E-state index in [0.717, 1.165) is 32.1 Å². The molecule has 0 radical (unpaired) electrons. The molecule has 15 heavy (non-hydrogen) atoms. The van der Waals surface area contributed by atoms with Gasteiger partial charge in [0.1, 0.15) is 0 Å². The van der Waals surface area contributed by atoms with E-state index in [1.165, 1.54) is 24.8 Å². The van der Waals surface area contributed by atoms with Crippen molar-refractivity contribution < 1.29 is 4.74 Å². The molecule has 1 atom stereocenters. The van der Waals surface area contributed by atoms with Gasteiger partial charge in [0.25, 0.3) is 0 Å². The molecule has 1 unspecified atom stereocenters. The highest BCUT2D eigenvalue weighted by Crippen LogP contribution is 2.22. The molecule has 0 spiro atoms. The Labute approximate surface area is 94.1 Å². The summed E-state index contributed by atoms with van der Waals surface area (Å²) < 4.78 is 5.41. The van der Waals surface area contributed by atoms with Gasteiger partial charge in [0.05, 0.1) is 0 Å². The van der Waals surface area contributed by atoms with Gasteiger partial charge in [-0.3, -0.25) is 0 Å². The minimum Gasteiger partial charge on any atom is -0.381 e. The Kier molecular flexibility index (Phi) is 5.96. The second kappa shape index (κ2) is 7.02. The predicted molar refractivity (Wildman–Crippen MR) is 65.1 cm³/mol. The predicted octanol–water partition coefficient (Wildman–Crippen LogP) is 2.75. The molecule has 0 aromatic heterocycles. The van der Waals surface area contributed by atoms with Gasteiger partial charge >= 0.3 is 0 Å². The molecule has 1 saturated heterocycles. The molecular weight excluding hydrogens is 186 g/mol. The topological polar surface area (TPSA) is 21.3 Å². The van der Waals surface area contributed by atoms with Crippen molar-refractivity contribution in [3.63, 3.8) is 0 Å². The van der Waals surface area contributed by atoms with Gasteiger partial charge in [-0.25, -0.2) is 0 Å². The van der Waals surface area contributed by atoms with Crippen molar-refractivity contribution in [3.8, 4) is 0 Å². The maximum Gasteiger partial charge on any atom is 0.0469 e. The summed E-state index contributed by atoms with van der Waals surface area (Å²) in [6.07, 6.45) is 4.73. The van der Waals surface area contributed by atoms with Gasteiger partial charge in [-0.15, -0.1) is 6.58 Å². The van der Waals surface area contributed by atoms with Crippen LogP contribution in [0.3, 0.4) is 0 Å². The first-order valence-corrected chi connectivity index (χ1v) is 6.19. The van der Waals surface area contributed by atoms with Crippen molar-refractivity contribution in [1.82, 2.24) is 5.32 Å². The maximum atomic E-state index is 5.41. The van der Waals surface area contributed by atoms with E-state index in [4.69, 9.17) is 4.74 Å². The zero-order chi connectivity index (χ0) is 11.1. The second-order valence-corrected chi connectivity index (χ2v) is 4.67. The number of nitrogens with one attached hydrogen (secondary N) is 1. The molecule has 0 aromatic carbocycles. The second-order valence-electron chi connectivity index (χ2n) is 4.67. The molecule has 2 heteroatoms. The fourth-order valence-electron chi connectivity index (χ4n) is 2.23. The van der Waals surface area contributed by atoms with Crippen LogP contribution in [-0.4, -0.2) is 25.8 Å². The van der Waals surface area contributed by atoms with Crippen LogP contribution < -0.4 is 5.32 Å². The lowest BCUT2D eigenvalue weighted by atomic mass is 9.88. The summed E-state index contributed by atoms with van der Waals surface area (Å²) in [6, 6.07) is 0.617. The monoisotopic (exact) mass is 211 g/mol. The number of hydrogen-bond acceptors (Lipinski definition) is 2. The molecule has 1 heterocycles. The van der Waals surface area contributed by atoms with Gasteiger partial charge in [-0.1, -0.05) is 12.5 Å². The van der Waals surface area contributed by atoms with Gasteiger partial charge in [-0.05, 0) is 45.1 Å². The SMILES string of the molecule is C=C(C)CC(NCCC)C1CCOCC1. The normalized spacial score (nSPS) is 20.1. The molecule has 1 N–H and O–H groups in total. The van der Waals surface area contributed by atoms with Gasteiger partial charge < -0.3 is 10.1 Å². The number of ether oxygens (including phenoxy) is 1. The molecule has 0 saturated carbocycles. The van der Waals surface area contributed by atoms with Crippen LogP contribution in [0.25, 0.3) is 0 Å². The van der Waals surface area contributed by atoms with E-state index < -0.39 is 0 Å². The Bertz CT molecular complexity index is 185. The van der Waals surface area contributed by atoms with E-state index in [9.17, 15) is 0 Å². The lowest BCUT2D eigenvalue weighted by Gasteiger charge is -2.31. The summed E-state index contributed by atoms with van der Waals surface area (Å²) in [7, 11) is 0. The molecule has 1 aliphatic rings. The first kappa shape index (κ1) is 12.7. The van der Waals surface area contributed by atoms with Crippen LogP contribution in [0.5, 0.6) is 0 Å². The van der Waals surface area contributed by atoms with Crippen molar-refractivity contribution in [2.24, 2.45) is 5.92 Å². The van der Waals surface area contributed by atoms with Crippen LogP contribution in [0.2, 0.25) is 0 Å². The molecule has 2 nitrogen and oxygen atoms in total. The van der Waals surface area contributed by atoms with Crippen molar-refractivity contribution in [1.29, 1.82) is 0 Å². The summed E-state index contributed by atoms with van der Waals surface area (Å²) in [4.78, 5) is 0. The van der Waals surface area contributed by atoms with E-state index in [1.54, 1.807) is 0 Å². The van der Waals surface area contributed by atoms with Crippen molar-refractivity contribution in [2.45, 2.75) is 45.6 Å². The van der Waals surface area contributed by atoms with E-state index in [-0.39, 0.29) is 0 Å². The van der Waals surface area contributed by atoms with Gasteiger partial charge in [0, 0.05) is 19.3 Å². The van der Waals surface area contributed by atoms with E-state index in [0.29, 0.717) is 6.04 Å². The molecule has 1 fully saturated rings. The maximum absolute atomic E-state index is 5.41. The summed E-state index contributed by atoms with van der Waals surface area (Å²) in [6.45, 7) is 11.4.